The standard InChI is InChI=1S/C17H21N/c1-14(2)15(3)18(16-10-6-4-7-11-16)17-12-8-5-9-13-17/h4-15H,1-3H3/t15-/m0/s1. The van der Waals surface area contributed by atoms with E-state index in [1.165, 1.54) is 11.4 Å². The van der Waals surface area contributed by atoms with Crippen LogP contribution in [0.3, 0.4) is 0 Å². The lowest BCUT2D eigenvalue weighted by atomic mass is 10.0. The normalized spacial score (nSPS) is 12.4. The summed E-state index contributed by atoms with van der Waals surface area (Å²) in [5.74, 6) is 0.602. The second kappa shape index (κ2) is 5.72. The van der Waals surface area contributed by atoms with Gasteiger partial charge in [-0.3, -0.25) is 0 Å². The van der Waals surface area contributed by atoms with Crippen molar-refractivity contribution in [3.8, 4) is 0 Å². The van der Waals surface area contributed by atoms with E-state index < -0.39 is 0 Å². The molecule has 0 fully saturated rings. The molecule has 2 aromatic carbocycles. The highest BCUT2D eigenvalue weighted by Gasteiger charge is 2.18. The Balaban J connectivity index is 2.42. The molecule has 1 heteroatoms. The fourth-order valence-corrected chi connectivity index (χ4v) is 2.09. The maximum atomic E-state index is 2.41. The topological polar surface area (TPSA) is 3.24 Å². The highest BCUT2D eigenvalue weighted by molar-refractivity contribution is 5.63. The van der Waals surface area contributed by atoms with Crippen molar-refractivity contribution in [2.75, 3.05) is 4.90 Å². The lowest BCUT2D eigenvalue weighted by molar-refractivity contribution is 0.518. The molecular formula is C17H21N. The van der Waals surface area contributed by atoms with Gasteiger partial charge in [0.25, 0.3) is 0 Å². The third-order valence-corrected chi connectivity index (χ3v) is 3.44. The molecule has 0 amide bonds. The Morgan fingerprint density at radius 1 is 0.667 bits per heavy atom. The Labute approximate surface area is 110 Å². The van der Waals surface area contributed by atoms with Crippen molar-refractivity contribution >= 4 is 11.4 Å². The Hall–Kier alpha value is -1.76. The minimum Gasteiger partial charge on any atom is -0.338 e. The van der Waals surface area contributed by atoms with Crippen LogP contribution in [-0.4, -0.2) is 6.04 Å². The Bertz CT molecular complexity index is 422. The molecule has 0 aromatic heterocycles. The van der Waals surface area contributed by atoms with E-state index in [0.29, 0.717) is 12.0 Å². The number of para-hydroxylation sites is 2. The van der Waals surface area contributed by atoms with Gasteiger partial charge in [0, 0.05) is 17.4 Å². The van der Waals surface area contributed by atoms with Crippen LogP contribution in [0.5, 0.6) is 0 Å². The fraction of sp³-hybridized carbons (Fsp3) is 0.294. The first-order valence-corrected chi connectivity index (χ1v) is 6.59. The summed E-state index contributed by atoms with van der Waals surface area (Å²) in [6, 6.07) is 21.7. The van der Waals surface area contributed by atoms with E-state index >= 15 is 0 Å². The van der Waals surface area contributed by atoms with Crippen molar-refractivity contribution in [1.29, 1.82) is 0 Å². The second-order valence-electron chi connectivity index (χ2n) is 5.03. The van der Waals surface area contributed by atoms with Crippen LogP contribution in [0.15, 0.2) is 60.7 Å². The molecule has 0 bridgehead atoms. The zero-order chi connectivity index (χ0) is 13.0. The maximum Gasteiger partial charge on any atom is 0.0413 e. The summed E-state index contributed by atoms with van der Waals surface area (Å²) in [6.07, 6.45) is 0. The van der Waals surface area contributed by atoms with Crippen LogP contribution in [0.1, 0.15) is 20.8 Å². The lowest BCUT2D eigenvalue weighted by Crippen LogP contribution is -2.32. The van der Waals surface area contributed by atoms with Crippen molar-refractivity contribution in [2.24, 2.45) is 5.92 Å². The molecule has 94 valence electrons. The minimum absolute atomic E-state index is 0.467. The second-order valence-corrected chi connectivity index (χ2v) is 5.03. The lowest BCUT2D eigenvalue weighted by Gasteiger charge is -2.34. The van der Waals surface area contributed by atoms with Crippen molar-refractivity contribution in [1.82, 2.24) is 0 Å². The average Bonchev–Trinajstić information content (AvgIpc) is 2.41. The summed E-state index contributed by atoms with van der Waals surface area (Å²) < 4.78 is 0. The van der Waals surface area contributed by atoms with Crippen molar-refractivity contribution in [3.63, 3.8) is 0 Å². The molecule has 18 heavy (non-hydrogen) atoms. The summed E-state index contributed by atoms with van der Waals surface area (Å²) in [6.45, 7) is 6.82. The van der Waals surface area contributed by atoms with Gasteiger partial charge in [-0.25, -0.2) is 0 Å². The smallest absolute Gasteiger partial charge is 0.0413 e. The van der Waals surface area contributed by atoms with Gasteiger partial charge in [-0.1, -0.05) is 50.2 Å². The van der Waals surface area contributed by atoms with Crippen LogP contribution < -0.4 is 4.90 Å². The quantitative estimate of drug-likeness (QED) is 0.735. The first kappa shape index (κ1) is 12.7. The highest BCUT2D eigenvalue weighted by atomic mass is 15.2. The van der Waals surface area contributed by atoms with E-state index in [1.54, 1.807) is 0 Å². The molecule has 0 aliphatic heterocycles. The van der Waals surface area contributed by atoms with Crippen LogP contribution in [0.25, 0.3) is 0 Å². The van der Waals surface area contributed by atoms with E-state index in [0.717, 1.165) is 0 Å². The molecule has 1 nitrogen and oxygen atoms in total. The van der Waals surface area contributed by atoms with Crippen LogP contribution >= 0.6 is 0 Å². The first-order chi connectivity index (χ1) is 8.70. The first-order valence-electron chi connectivity index (χ1n) is 6.59. The van der Waals surface area contributed by atoms with Crippen molar-refractivity contribution in [2.45, 2.75) is 26.8 Å². The van der Waals surface area contributed by atoms with Gasteiger partial charge in [0.05, 0.1) is 0 Å². The van der Waals surface area contributed by atoms with E-state index in [1.807, 2.05) is 0 Å². The van der Waals surface area contributed by atoms with Crippen molar-refractivity contribution < 1.29 is 0 Å². The SMILES string of the molecule is CC(C)[C@H](C)N(c1ccccc1)c1ccccc1. The number of anilines is 2. The van der Waals surface area contributed by atoms with E-state index in [9.17, 15) is 0 Å². The molecule has 1 atom stereocenters. The zero-order valence-electron chi connectivity index (χ0n) is 11.4. The van der Waals surface area contributed by atoms with Gasteiger partial charge in [-0.05, 0) is 37.1 Å². The number of hydrogen-bond donors (Lipinski definition) is 0. The summed E-state index contributed by atoms with van der Waals surface area (Å²) >= 11 is 0. The Morgan fingerprint density at radius 3 is 1.39 bits per heavy atom. The molecule has 0 radical (unpaired) electrons. The molecule has 0 aliphatic carbocycles. The third kappa shape index (κ3) is 2.73. The predicted molar refractivity (Wildman–Crippen MR) is 79.3 cm³/mol. The number of benzene rings is 2. The van der Waals surface area contributed by atoms with Gasteiger partial charge < -0.3 is 4.90 Å². The Kier molecular flexibility index (Phi) is 4.03. The van der Waals surface area contributed by atoms with Crippen molar-refractivity contribution in [3.05, 3.63) is 60.7 Å². The number of rotatable bonds is 4. The molecule has 2 rings (SSSR count). The largest absolute Gasteiger partial charge is 0.338 e. The molecule has 0 unspecified atom stereocenters. The van der Waals surface area contributed by atoms with E-state index in [2.05, 4.69) is 86.3 Å². The van der Waals surface area contributed by atoms with Crippen LogP contribution in [0.4, 0.5) is 11.4 Å². The van der Waals surface area contributed by atoms with Crippen LogP contribution in [0.2, 0.25) is 0 Å². The average molecular weight is 239 g/mol. The van der Waals surface area contributed by atoms with Gasteiger partial charge in [0.2, 0.25) is 0 Å². The van der Waals surface area contributed by atoms with Gasteiger partial charge in [0.15, 0.2) is 0 Å². The molecule has 0 saturated heterocycles. The maximum absolute atomic E-state index is 2.41. The van der Waals surface area contributed by atoms with Gasteiger partial charge in [0.1, 0.15) is 0 Å². The van der Waals surface area contributed by atoms with Gasteiger partial charge in [-0.2, -0.15) is 0 Å². The molecule has 0 spiro atoms. The monoisotopic (exact) mass is 239 g/mol. The summed E-state index contributed by atoms with van der Waals surface area (Å²) in [4.78, 5) is 2.41. The summed E-state index contributed by atoms with van der Waals surface area (Å²) in [5, 5.41) is 0. The van der Waals surface area contributed by atoms with E-state index in [-0.39, 0.29) is 0 Å². The van der Waals surface area contributed by atoms with E-state index in [4.69, 9.17) is 0 Å². The number of nitrogens with zero attached hydrogens (tertiary/aromatic N) is 1. The Morgan fingerprint density at radius 2 is 1.06 bits per heavy atom. The molecule has 2 aromatic rings. The van der Waals surface area contributed by atoms with Crippen LogP contribution in [-0.2, 0) is 0 Å². The zero-order valence-corrected chi connectivity index (χ0v) is 11.4. The van der Waals surface area contributed by atoms with Gasteiger partial charge >= 0.3 is 0 Å². The molecule has 0 heterocycles. The molecule has 0 saturated carbocycles. The molecule has 0 aliphatic rings. The fourth-order valence-electron chi connectivity index (χ4n) is 2.09. The summed E-state index contributed by atoms with van der Waals surface area (Å²) in [7, 11) is 0. The highest BCUT2D eigenvalue weighted by Crippen LogP contribution is 2.29. The summed E-state index contributed by atoms with van der Waals surface area (Å²) in [5.41, 5.74) is 2.51. The third-order valence-electron chi connectivity index (χ3n) is 3.44. The minimum atomic E-state index is 0.467. The molecule has 0 N–H and O–H groups in total. The predicted octanol–water partition coefficient (Wildman–Crippen LogP) is 4.87. The molecular weight excluding hydrogens is 218 g/mol. The van der Waals surface area contributed by atoms with Crippen LogP contribution in [0, 0.1) is 5.92 Å². The number of hydrogen-bond acceptors (Lipinski definition) is 1. The van der Waals surface area contributed by atoms with Gasteiger partial charge in [-0.15, -0.1) is 0 Å².